The van der Waals surface area contributed by atoms with Crippen LogP contribution in [0.3, 0.4) is 0 Å². The Morgan fingerprint density at radius 2 is 2.05 bits per heavy atom. The van der Waals surface area contributed by atoms with Gasteiger partial charge in [-0.25, -0.2) is 0 Å². The van der Waals surface area contributed by atoms with Crippen LogP contribution in [0.5, 0.6) is 5.75 Å². The molecule has 0 saturated carbocycles. The first kappa shape index (κ1) is 13.9. The van der Waals surface area contributed by atoms with E-state index in [1.165, 1.54) is 18.2 Å². The molecular formula is C14H10BrN3O2. The maximum absolute atomic E-state index is 12.1. The molecule has 0 fully saturated rings. The van der Waals surface area contributed by atoms with Crippen molar-refractivity contribution in [2.75, 3.05) is 11.1 Å². The molecule has 5 nitrogen and oxygen atoms in total. The summed E-state index contributed by atoms with van der Waals surface area (Å²) in [7, 11) is 0. The summed E-state index contributed by atoms with van der Waals surface area (Å²) >= 11 is 3.23. The molecule has 0 aromatic heterocycles. The van der Waals surface area contributed by atoms with Gasteiger partial charge in [0.25, 0.3) is 5.91 Å². The average Bonchev–Trinajstić information content (AvgIpc) is 2.43. The molecule has 4 N–H and O–H groups in total. The molecule has 2 aromatic rings. The van der Waals surface area contributed by atoms with Crippen LogP contribution in [0.2, 0.25) is 0 Å². The monoisotopic (exact) mass is 331 g/mol. The SMILES string of the molecule is N#Cc1ccc(NC(=O)c2cc(Br)ccc2O)c(N)c1. The summed E-state index contributed by atoms with van der Waals surface area (Å²) in [6.07, 6.45) is 0. The fourth-order valence-electron chi connectivity index (χ4n) is 1.63. The van der Waals surface area contributed by atoms with Gasteiger partial charge in [0.2, 0.25) is 0 Å². The molecule has 0 bridgehead atoms. The summed E-state index contributed by atoms with van der Waals surface area (Å²) in [4.78, 5) is 12.1. The van der Waals surface area contributed by atoms with Crippen LogP contribution in [-0.2, 0) is 0 Å². The van der Waals surface area contributed by atoms with E-state index in [0.717, 1.165) is 0 Å². The van der Waals surface area contributed by atoms with Crippen molar-refractivity contribution >= 4 is 33.2 Å². The lowest BCUT2D eigenvalue weighted by Crippen LogP contribution is -2.13. The average molecular weight is 332 g/mol. The number of benzene rings is 2. The second-order valence-electron chi connectivity index (χ2n) is 4.03. The largest absolute Gasteiger partial charge is 0.507 e. The predicted octanol–water partition coefficient (Wildman–Crippen LogP) is 2.86. The lowest BCUT2D eigenvalue weighted by molar-refractivity contribution is 0.102. The predicted molar refractivity (Wildman–Crippen MR) is 79.3 cm³/mol. The lowest BCUT2D eigenvalue weighted by atomic mass is 10.1. The topological polar surface area (TPSA) is 99.1 Å². The van der Waals surface area contributed by atoms with E-state index in [-0.39, 0.29) is 17.0 Å². The molecule has 0 unspecified atom stereocenters. The fraction of sp³-hybridized carbons (Fsp3) is 0. The highest BCUT2D eigenvalue weighted by atomic mass is 79.9. The minimum absolute atomic E-state index is 0.127. The number of phenols is 1. The number of nitrogens with two attached hydrogens (primary N) is 1. The number of nitrogens with one attached hydrogen (secondary N) is 1. The molecule has 0 atom stereocenters. The standard InChI is InChI=1S/C14H10BrN3O2/c15-9-2-4-13(19)10(6-9)14(20)18-12-3-1-8(7-16)5-11(12)17/h1-6,19H,17H2,(H,18,20). The first-order chi connectivity index (χ1) is 9.51. The Bertz CT molecular complexity index is 723. The van der Waals surface area contributed by atoms with Crippen molar-refractivity contribution < 1.29 is 9.90 Å². The van der Waals surface area contributed by atoms with Gasteiger partial charge in [-0.2, -0.15) is 5.26 Å². The van der Waals surface area contributed by atoms with Gasteiger partial charge < -0.3 is 16.2 Å². The van der Waals surface area contributed by atoms with E-state index in [1.54, 1.807) is 18.2 Å². The van der Waals surface area contributed by atoms with E-state index in [4.69, 9.17) is 11.0 Å². The van der Waals surface area contributed by atoms with Crippen molar-refractivity contribution in [3.8, 4) is 11.8 Å². The van der Waals surface area contributed by atoms with Gasteiger partial charge in [0, 0.05) is 4.47 Å². The number of hydrogen-bond donors (Lipinski definition) is 3. The fourth-order valence-corrected chi connectivity index (χ4v) is 1.99. The number of hydrogen-bond acceptors (Lipinski definition) is 4. The zero-order valence-corrected chi connectivity index (χ0v) is 11.8. The van der Waals surface area contributed by atoms with E-state index >= 15 is 0 Å². The summed E-state index contributed by atoms with van der Waals surface area (Å²) in [5, 5.41) is 21.0. The highest BCUT2D eigenvalue weighted by Crippen LogP contribution is 2.25. The molecule has 100 valence electrons. The number of rotatable bonds is 2. The van der Waals surface area contributed by atoms with Crippen LogP contribution >= 0.6 is 15.9 Å². The molecule has 0 aliphatic carbocycles. The third kappa shape index (κ3) is 2.90. The minimum atomic E-state index is -0.486. The molecule has 6 heteroatoms. The van der Waals surface area contributed by atoms with E-state index < -0.39 is 5.91 Å². The Morgan fingerprint density at radius 1 is 1.30 bits per heavy atom. The van der Waals surface area contributed by atoms with E-state index in [1.807, 2.05) is 6.07 Å². The maximum Gasteiger partial charge on any atom is 0.259 e. The molecule has 0 radical (unpaired) electrons. The Morgan fingerprint density at radius 3 is 2.70 bits per heavy atom. The van der Waals surface area contributed by atoms with Crippen LogP contribution in [0.25, 0.3) is 0 Å². The van der Waals surface area contributed by atoms with Gasteiger partial charge in [-0.3, -0.25) is 4.79 Å². The Balaban J connectivity index is 2.28. The van der Waals surface area contributed by atoms with Gasteiger partial charge in [-0.05, 0) is 36.4 Å². The number of halogens is 1. The van der Waals surface area contributed by atoms with Crippen molar-refractivity contribution in [1.29, 1.82) is 5.26 Å². The number of phenolic OH excluding ortho intramolecular Hbond substituents is 1. The molecule has 1 amide bonds. The molecule has 0 saturated heterocycles. The number of aromatic hydroxyl groups is 1. The normalized spacial score (nSPS) is 9.80. The van der Waals surface area contributed by atoms with Gasteiger partial charge in [-0.1, -0.05) is 15.9 Å². The molecule has 20 heavy (non-hydrogen) atoms. The van der Waals surface area contributed by atoms with Crippen molar-refractivity contribution in [3.63, 3.8) is 0 Å². The van der Waals surface area contributed by atoms with Crippen LogP contribution in [-0.4, -0.2) is 11.0 Å². The highest BCUT2D eigenvalue weighted by molar-refractivity contribution is 9.10. The van der Waals surface area contributed by atoms with Crippen molar-refractivity contribution in [3.05, 3.63) is 52.0 Å². The summed E-state index contributed by atoms with van der Waals surface area (Å²) in [5.41, 5.74) is 6.96. The molecule has 0 heterocycles. The molecule has 2 rings (SSSR count). The van der Waals surface area contributed by atoms with Crippen molar-refractivity contribution in [1.82, 2.24) is 0 Å². The van der Waals surface area contributed by atoms with Crippen LogP contribution in [0, 0.1) is 11.3 Å². The zero-order valence-electron chi connectivity index (χ0n) is 10.2. The third-order valence-corrected chi connectivity index (χ3v) is 3.13. The number of carbonyl (C=O) groups is 1. The maximum atomic E-state index is 12.1. The van der Waals surface area contributed by atoms with Crippen LogP contribution in [0.15, 0.2) is 40.9 Å². The van der Waals surface area contributed by atoms with E-state index in [9.17, 15) is 9.90 Å². The number of amides is 1. The van der Waals surface area contributed by atoms with Gasteiger partial charge >= 0.3 is 0 Å². The summed E-state index contributed by atoms with van der Waals surface area (Å²) in [6, 6.07) is 11.1. The molecule has 2 aromatic carbocycles. The van der Waals surface area contributed by atoms with Crippen LogP contribution < -0.4 is 11.1 Å². The van der Waals surface area contributed by atoms with Gasteiger partial charge in [-0.15, -0.1) is 0 Å². The van der Waals surface area contributed by atoms with Crippen LogP contribution in [0.4, 0.5) is 11.4 Å². The highest BCUT2D eigenvalue weighted by Gasteiger charge is 2.13. The molecule has 0 aliphatic rings. The first-order valence-electron chi connectivity index (χ1n) is 5.61. The van der Waals surface area contributed by atoms with Crippen molar-refractivity contribution in [2.24, 2.45) is 0 Å². The number of nitriles is 1. The summed E-state index contributed by atoms with van der Waals surface area (Å²) < 4.78 is 0.674. The smallest absolute Gasteiger partial charge is 0.259 e. The first-order valence-corrected chi connectivity index (χ1v) is 6.40. The minimum Gasteiger partial charge on any atom is -0.507 e. The number of nitrogen functional groups attached to an aromatic ring is 1. The zero-order chi connectivity index (χ0) is 14.7. The summed E-state index contributed by atoms with van der Waals surface area (Å²) in [5.74, 6) is -0.613. The van der Waals surface area contributed by atoms with Gasteiger partial charge in [0.05, 0.1) is 28.6 Å². The Hall–Kier alpha value is -2.52. The Labute approximate surface area is 123 Å². The third-order valence-electron chi connectivity index (χ3n) is 2.63. The molecule has 0 aliphatic heterocycles. The van der Waals surface area contributed by atoms with E-state index in [2.05, 4.69) is 21.2 Å². The van der Waals surface area contributed by atoms with Crippen molar-refractivity contribution in [2.45, 2.75) is 0 Å². The molecule has 0 spiro atoms. The number of anilines is 2. The number of carbonyl (C=O) groups excluding carboxylic acids is 1. The van der Waals surface area contributed by atoms with Gasteiger partial charge in [0.15, 0.2) is 0 Å². The summed E-state index contributed by atoms with van der Waals surface area (Å²) in [6.45, 7) is 0. The number of nitrogens with zero attached hydrogens (tertiary/aromatic N) is 1. The van der Waals surface area contributed by atoms with Gasteiger partial charge in [0.1, 0.15) is 5.75 Å². The lowest BCUT2D eigenvalue weighted by Gasteiger charge is -2.09. The Kier molecular flexibility index (Phi) is 3.91. The van der Waals surface area contributed by atoms with E-state index in [0.29, 0.717) is 15.7 Å². The van der Waals surface area contributed by atoms with Crippen LogP contribution in [0.1, 0.15) is 15.9 Å². The second kappa shape index (κ2) is 5.63. The molecular weight excluding hydrogens is 322 g/mol. The quantitative estimate of drug-likeness (QED) is 0.736. The second-order valence-corrected chi connectivity index (χ2v) is 4.95.